The molecule has 5 nitrogen and oxygen atoms in total. The number of carbonyl (C=O) groups is 3. The van der Waals surface area contributed by atoms with Crippen LogP contribution in [0.15, 0.2) is 24.3 Å². The van der Waals surface area contributed by atoms with Gasteiger partial charge >= 0.3 is 0 Å². The molecule has 27 heavy (non-hydrogen) atoms. The molecule has 0 aromatic heterocycles. The maximum atomic E-state index is 12.6. The molecular weight excluding hydrogens is 340 g/mol. The van der Waals surface area contributed by atoms with E-state index in [-0.39, 0.29) is 48.6 Å². The zero-order valence-electron chi connectivity index (χ0n) is 15.9. The Balaban J connectivity index is 1.35. The summed E-state index contributed by atoms with van der Waals surface area (Å²) in [5, 5.41) is 3.14. The fourth-order valence-corrected chi connectivity index (χ4v) is 4.59. The molecule has 2 saturated carbocycles. The first-order valence-corrected chi connectivity index (χ1v) is 10.3. The fraction of sp³-hybridized carbons (Fsp3) is 0.591. The highest BCUT2D eigenvalue weighted by Crippen LogP contribution is 2.41. The Morgan fingerprint density at radius 3 is 2.19 bits per heavy atom. The number of hydrogen-bond donors (Lipinski definition) is 1. The van der Waals surface area contributed by atoms with Gasteiger partial charge in [-0.2, -0.15) is 0 Å². The fourth-order valence-electron chi connectivity index (χ4n) is 4.59. The Kier molecular flexibility index (Phi) is 5.02. The maximum Gasteiger partial charge on any atom is 0.233 e. The second kappa shape index (κ2) is 7.45. The number of rotatable bonds is 6. The zero-order valence-corrected chi connectivity index (χ0v) is 15.9. The number of aryl methyl sites for hydroxylation is 1. The van der Waals surface area contributed by atoms with Crippen LogP contribution >= 0.6 is 0 Å². The largest absolute Gasteiger partial charge is 0.349 e. The number of carbonyl (C=O) groups excluding carboxylic acids is 3. The van der Waals surface area contributed by atoms with Crippen LogP contribution in [-0.4, -0.2) is 29.2 Å². The number of hydrogen-bond acceptors (Lipinski definition) is 3. The van der Waals surface area contributed by atoms with Crippen LogP contribution in [0.5, 0.6) is 0 Å². The highest BCUT2D eigenvalue weighted by atomic mass is 16.2. The lowest BCUT2D eigenvalue weighted by Gasteiger charge is -2.20. The van der Waals surface area contributed by atoms with E-state index in [1.54, 1.807) is 0 Å². The van der Waals surface area contributed by atoms with Crippen molar-refractivity contribution >= 4 is 17.7 Å². The van der Waals surface area contributed by atoms with Crippen molar-refractivity contribution in [3.8, 4) is 0 Å². The molecule has 144 valence electrons. The van der Waals surface area contributed by atoms with Gasteiger partial charge in [-0.15, -0.1) is 0 Å². The predicted molar refractivity (Wildman–Crippen MR) is 102 cm³/mol. The number of nitrogens with one attached hydrogen (secondary N) is 1. The van der Waals surface area contributed by atoms with Crippen LogP contribution in [0.1, 0.15) is 62.1 Å². The van der Waals surface area contributed by atoms with Gasteiger partial charge in [-0.1, -0.05) is 42.7 Å². The number of likely N-dealkylation sites (tertiary alicyclic amines) is 1. The minimum absolute atomic E-state index is 0.0330. The van der Waals surface area contributed by atoms with E-state index in [1.807, 2.05) is 0 Å². The quantitative estimate of drug-likeness (QED) is 0.785. The summed E-state index contributed by atoms with van der Waals surface area (Å²) in [6.07, 6.45) is 6.12. The van der Waals surface area contributed by atoms with Gasteiger partial charge in [0.2, 0.25) is 17.7 Å². The Morgan fingerprint density at radius 1 is 1.04 bits per heavy atom. The first-order chi connectivity index (χ1) is 13.0. The molecule has 1 N–H and O–H groups in total. The van der Waals surface area contributed by atoms with E-state index >= 15 is 0 Å². The molecular formula is C22H28N2O3. The van der Waals surface area contributed by atoms with E-state index in [0.717, 1.165) is 44.1 Å². The highest BCUT2D eigenvalue weighted by Gasteiger charge is 2.47. The number of imide groups is 1. The lowest BCUT2D eigenvalue weighted by Crippen LogP contribution is -2.36. The van der Waals surface area contributed by atoms with Crippen molar-refractivity contribution in [2.24, 2.45) is 17.8 Å². The minimum Gasteiger partial charge on any atom is -0.349 e. The molecule has 3 fully saturated rings. The third-order valence-electron chi connectivity index (χ3n) is 6.34. The molecule has 0 spiro atoms. The smallest absolute Gasteiger partial charge is 0.233 e. The normalized spacial score (nSPS) is 26.0. The molecule has 0 radical (unpaired) electrons. The van der Waals surface area contributed by atoms with Crippen molar-refractivity contribution in [3.63, 3.8) is 0 Å². The minimum atomic E-state index is -0.138. The van der Waals surface area contributed by atoms with E-state index in [2.05, 4.69) is 36.5 Å². The lowest BCUT2D eigenvalue weighted by molar-refractivity contribution is -0.140. The molecule has 2 aliphatic carbocycles. The third-order valence-corrected chi connectivity index (χ3v) is 6.34. The van der Waals surface area contributed by atoms with E-state index in [9.17, 15) is 14.4 Å². The average molecular weight is 368 g/mol. The van der Waals surface area contributed by atoms with Gasteiger partial charge in [0, 0.05) is 13.0 Å². The molecule has 3 aliphatic rings. The van der Waals surface area contributed by atoms with Crippen LogP contribution in [0, 0.1) is 24.7 Å². The second-order valence-electron chi connectivity index (χ2n) is 8.37. The van der Waals surface area contributed by atoms with Gasteiger partial charge in [0.1, 0.15) is 0 Å². The SMILES string of the molecule is Cc1ccc(C(NC(=O)CCN2C(=O)C3CCCCC3C2=O)C2CC2)cc1. The summed E-state index contributed by atoms with van der Waals surface area (Å²) in [7, 11) is 0. The molecule has 1 saturated heterocycles. The summed E-state index contributed by atoms with van der Waals surface area (Å²) < 4.78 is 0. The monoisotopic (exact) mass is 368 g/mol. The van der Waals surface area contributed by atoms with E-state index in [4.69, 9.17) is 0 Å². The molecule has 3 atom stereocenters. The van der Waals surface area contributed by atoms with Crippen LogP contribution in [0.25, 0.3) is 0 Å². The summed E-state index contributed by atoms with van der Waals surface area (Å²) in [6.45, 7) is 2.26. The number of amides is 3. The molecule has 4 rings (SSSR count). The van der Waals surface area contributed by atoms with Gasteiger partial charge in [0.25, 0.3) is 0 Å². The number of benzene rings is 1. The van der Waals surface area contributed by atoms with Crippen molar-refractivity contribution in [1.29, 1.82) is 0 Å². The van der Waals surface area contributed by atoms with E-state index in [1.165, 1.54) is 10.5 Å². The van der Waals surface area contributed by atoms with Gasteiger partial charge in [0.15, 0.2) is 0 Å². The molecule has 1 aliphatic heterocycles. The van der Waals surface area contributed by atoms with Crippen molar-refractivity contribution in [1.82, 2.24) is 10.2 Å². The maximum absolute atomic E-state index is 12.6. The van der Waals surface area contributed by atoms with Gasteiger partial charge in [0.05, 0.1) is 17.9 Å². The van der Waals surface area contributed by atoms with Crippen LogP contribution in [0.2, 0.25) is 0 Å². The van der Waals surface area contributed by atoms with Crippen molar-refractivity contribution in [2.45, 2.75) is 57.9 Å². The van der Waals surface area contributed by atoms with Gasteiger partial charge in [-0.05, 0) is 44.1 Å². The average Bonchev–Trinajstić information content (AvgIpc) is 3.48. The van der Waals surface area contributed by atoms with E-state index in [0.29, 0.717) is 5.92 Å². The Hall–Kier alpha value is -2.17. The molecule has 5 heteroatoms. The van der Waals surface area contributed by atoms with Crippen molar-refractivity contribution < 1.29 is 14.4 Å². The van der Waals surface area contributed by atoms with Crippen LogP contribution < -0.4 is 5.32 Å². The van der Waals surface area contributed by atoms with Crippen LogP contribution in [0.4, 0.5) is 0 Å². The van der Waals surface area contributed by atoms with Gasteiger partial charge in [-0.3, -0.25) is 19.3 Å². The zero-order chi connectivity index (χ0) is 19.0. The first-order valence-electron chi connectivity index (χ1n) is 10.3. The summed E-state index contributed by atoms with van der Waals surface area (Å²) in [5.74, 6) is 0.0178. The highest BCUT2D eigenvalue weighted by molar-refractivity contribution is 6.05. The van der Waals surface area contributed by atoms with Gasteiger partial charge < -0.3 is 5.32 Å². The summed E-state index contributed by atoms with van der Waals surface area (Å²) in [4.78, 5) is 39.0. The molecule has 1 heterocycles. The summed E-state index contributed by atoms with van der Waals surface area (Å²) in [6, 6.07) is 8.33. The summed E-state index contributed by atoms with van der Waals surface area (Å²) in [5.41, 5.74) is 2.34. The molecule has 3 unspecified atom stereocenters. The first kappa shape index (κ1) is 18.2. The van der Waals surface area contributed by atoms with Crippen molar-refractivity contribution in [3.05, 3.63) is 35.4 Å². The topological polar surface area (TPSA) is 66.5 Å². The molecule has 0 bridgehead atoms. The van der Waals surface area contributed by atoms with Crippen LogP contribution in [-0.2, 0) is 14.4 Å². The number of nitrogens with zero attached hydrogens (tertiary/aromatic N) is 1. The summed E-state index contributed by atoms with van der Waals surface area (Å²) >= 11 is 0. The lowest BCUT2D eigenvalue weighted by atomic mass is 9.81. The van der Waals surface area contributed by atoms with E-state index < -0.39 is 0 Å². The third kappa shape index (κ3) is 3.78. The predicted octanol–water partition coefficient (Wildman–Crippen LogP) is 3.13. The van der Waals surface area contributed by atoms with Gasteiger partial charge in [-0.25, -0.2) is 0 Å². The second-order valence-corrected chi connectivity index (χ2v) is 8.37. The Bertz CT molecular complexity index is 714. The van der Waals surface area contributed by atoms with Crippen molar-refractivity contribution in [2.75, 3.05) is 6.54 Å². The van der Waals surface area contributed by atoms with Crippen LogP contribution in [0.3, 0.4) is 0 Å². The Morgan fingerprint density at radius 2 is 1.63 bits per heavy atom. The standard InChI is InChI=1S/C22H28N2O3/c1-14-6-8-15(9-7-14)20(16-10-11-16)23-19(25)12-13-24-21(26)17-4-2-3-5-18(17)22(24)27/h6-9,16-18,20H,2-5,10-13H2,1H3,(H,23,25). The molecule has 1 aromatic carbocycles. The number of fused-ring (bicyclic) bond motifs is 1. The molecule has 3 amide bonds. The molecule has 1 aromatic rings. The Labute approximate surface area is 160 Å².